The third-order valence-electron chi connectivity index (χ3n) is 0.527. The maximum Gasteiger partial charge on any atom is 0.381 e. The highest BCUT2D eigenvalue weighted by Crippen LogP contribution is 1.47. The van der Waals surface area contributed by atoms with Gasteiger partial charge in [0, 0.05) is 7.05 Å². The predicted molar refractivity (Wildman–Crippen MR) is 33.0 cm³/mol. The van der Waals surface area contributed by atoms with E-state index < -0.39 is 5.69 Å². The van der Waals surface area contributed by atoms with Gasteiger partial charge >= 0.3 is 5.69 Å². The molecule has 0 spiro atoms. The summed E-state index contributed by atoms with van der Waals surface area (Å²) in [6.07, 6.45) is 0. The van der Waals surface area contributed by atoms with E-state index in [1.165, 1.54) is 4.80 Å². The van der Waals surface area contributed by atoms with E-state index in [-0.39, 0.29) is 0 Å². The Kier molecular flexibility index (Phi) is 3.34. The lowest BCUT2D eigenvalue weighted by Gasteiger charge is -1.74. The van der Waals surface area contributed by atoms with Gasteiger partial charge in [-0.05, 0) is 5.21 Å². The average molecular weight is 130 g/mol. The number of hydrogen-bond donors (Lipinski definition) is 1. The number of rotatable bonds is 0. The number of aryl methyl sites for hydroxylation is 1. The third-order valence-corrected chi connectivity index (χ3v) is 0.527. The first-order chi connectivity index (χ1) is 4.29. The van der Waals surface area contributed by atoms with Gasteiger partial charge in [-0.1, -0.05) is 18.9 Å². The van der Waals surface area contributed by atoms with E-state index in [9.17, 15) is 4.79 Å². The van der Waals surface area contributed by atoms with Gasteiger partial charge in [0.1, 0.15) is 0 Å². The number of hydrogen-bond acceptors (Lipinski definition) is 3. The molecule has 0 fully saturated rings. The Balaban J connectivity index is 0.000000291. The van der Waals surface area contributed by atoms with Crippen LogP contribution in [-0.4, -0.2) is 20.2 Å². The number of nitrogens with one attached hydrogen (secondary N) is 1. The Labute approximate surface area is 52.7 Å². The van der Waals surface area contributed by atoms with Crippen molar-refractivity contribution >= 4 is 0 Å². The van der Waals surface area contributed by atoms with Gasteiger partial charge < -0.3 is 0 Å². The lowest BCUT2D eigenvalue weighted by atomic mass is 11.0. The van der Waals surface area contributed by atoms with E-state index in [4.69, 9.17) is 0 Å². The molecule has 0 radical (unpaired) electrons. The van der Waals surface area contributed by atoms with Crippen molar-refractivity contribution in [2.45, 2.75) is 13.8 Å². The van der Waals surface area contributed by atoms with Crippen LogP contribution in [0, 0.1) is 0 Å². The van der Waals surface area contributed by atoms with Crippen molar-refractivity contribution in [1.29, 1.82) is 0 Å². The molecule has 0 saturated carbocycles. The van der Waals surface area contributed by atoms with Crippen LogP contribution in [0.4, 0.5) is 0 Å². The Morgan fingerprint density at radius 3 is 2.22 bits per heavy atom. The Morgan fingerprint density at radius 1 is 1.56 bits per heavy atom. The molecule has 0 bridgehead atoms. The van der Waals surface area contributed by atoms with Crippen molar-refractivity contribution in [3.8, 4) is 0 Å². The maximum absolute atomic E-state index is 10.0. The minimum Gasteiger partial charge on any atom is -0.242 e. The van der Waals surface area contributed by atoms with E-state index in [1.807, 2.05) is 13.8 Å². The van der Waals surface area contributed by atoms with E-state index in [0.717, 1.165) is 0 Å². The van der Waals surface area contributed by atoms with E-state index in [2.05, 4.69) is 15.4 Å². The quantitative estimate of drug-likeness (QED) is 0.516. The van der Waals surface area contributed by atoms with Crippen LogP contribution in [0.15, 0.2) is 4.79 Å². The van der Waals surface area contributed by atoms with E-state index in [0.29, 0.717) is 0 Å². The highest BCUT2D eigenvalue weighted by Gasteiger charge is 1.81. The Bertz CT molecular complexity index is 200. The smallest absolute Gasteiger partial charge is 0.242 e. The molecule has 0 aliphatic rings. The van der Waals surface area contributed by atoms with Gasteiger partial charge in [-0.25, -0.2) is 9.89 Å². The minimum absolute atomic E-state index is 0.414. The van der Waals surface area contributed by atoms with Crippen molar-refractivity contribution in [3.05, 3.63) is 10.5 Å². The SMILES string of the molecule is CC.Cn1nnc(=O)[nH]1. The molecule has 0 aliphatic carbocycles. The van der Waals surface area contributed by atoms with Gasteiger partial charge in [-0.15, -0.1) is 0 Å². The zero-order valence-electron chi connectivity index (χ0n) is 5.75. The topological polar surface area (TPSA) is 63.6 Å². The number of nitrogens with zero attached hydrogens (tertiary/aromatic N) is 3. The Hall–Kier alpha value is -1.13. The first kappa shape index (κ1) is 7.87. The van der Waals surface area contributed by atoms with Gasteiger partial charge in [-0.2, -0.15) is 4.80 Å². The molecule has 5 nitrogen and oxygen atoms in total. The minimum atomic E-state index is -0.414. The summed E-state index contributed by atoms with van der Waals surface area (Å²) in [5.41, 5.74) is -0.414. The van der Waals surface area contributed by atoms with Crippen LogP contribution in [0.1, 0.15) is 13.8 Å². The second-order valence-electron chi connectivity index (χ2n) is 1.13. The molecule has 9 heavy (non-hydrogen) atoms. The molecule has 5 heteroatoms. The summed E-state index contributed by atoms with van der Waals surface area (Å²) in [5, 5.41) is 8.71. The van der Waals surface area contributed by atoms with Crippen LogP contribution in [0.3, 0.4) is 0 Å². The van der Waals surface area contributed by atoms with Crippen molar-refractivity contribution < 1.29 is 0 Å². The number of aromatic amines is 1. The molecule has 1 aromatic heterocycles. The van der Waals surface area contributed by atoms with Crippen LogP contribution in [0.5, 0.6) is 0 Å². The molecule has 0 aromatic carbocycles. The fourth-order valence-electron chi connectivity index (χ4n) is 0.291. The summed E-state index contributed by atoms with van der Waals surface area (Å²) < 4.78 is 0. The summed E-state index contributed by atoms with van der Waals surface area (Å²) in [7, 11) is 1.59. The summed E-state index contributed by atoms with van der Waals surface area (Å²) in [4.78, 5) is 11.3. The Morgan fingerprint density at radius 2 is 2.11 bits per heavy atom. The fourth-order valence-corrected chi connectivity index (χ4v) is 0.291. The number of H-pyrrole nitrogens is 1. The second-order valence-corrected chi connectivity index (χ2v) is 1.13. The second kappa shape index (κ2) is 3.82. The zero-order valence-corrected chi connectivity index (χ0v) is 5.75. The molecule has 0 aliphatic heterocycles. The molecule has 0 atom stereocenters. The van der Waals surface area contributed by atoms with Gasteiger partial charge in [0.2, 0.25) is 0 Å². The lowest BCUT2D eigenvalue weighted by molar-refractivity contribution is 0.628. The molecule has 0 amide bonds. The van der Waals surface area contributed by atoms with Gasteiger partial charge in [0.15, 0.2) is 0 Å². The molecule has 0 unspecified atom stereocenters. The van der Waals surface area contributed by atoms with Crippen LogP contribution in [0.25, 0.3) is 0 Å². The first-order valence-corrected chi connectivity index (χ1v) is 2.75. The monoisotopic (exact) mass is 130 g/mol. The van der Waals surface area contributed by atoms with Gasteiger partial charge in [-0.3, -0.25) is 0 Å². The first-order valence-electron chi connectivity index (χ1n) is 2.75. The van der Waals surface area contributed by atoms with Gasteiger partial charge in [0.25, 0.3) is 0 Å². The summed E-state index contributed by atoms with van der Waals surface area (Å²) >= 11 is 0. The molecule has 52 valence electrons. The molecule has 1 heterocycles. The predicted octanol–water partition coefficient (Wildman–Crippen LogP) is -0.470. The normalized spacial score (nSPS) is 7.89. The van der Waals surface area contributed by atoms with Crippen LogP contribution < -0.4 is 5.69 Å². The lowest BCUT2D eigenvalue weighted by Crippen LogP contribution is -2.03. The van der Waals surface area contributed by atoms with Crippen molar-refractivity contribution in [2.24, 2.45) is 7.05 Å². The summed E-state index contributed by atoms with van der Waals surface area (Å²) in [6, 6.07) is 0. The maximum atomic E-state index is 10.0. The molecular weight excluding hydrogens is 120 g/mol. The van der Waals surface area contributed by atoms with Crippen molar-refractivity contribution in [2.75, 3.05) is 0 Å². The summed E-state index contributed by atoms with van der Waals surface area (Å²) in [5.74, 6) is 0. The number of aromatic nitrogens is 4. The van der Waals surface area contributed by atoms with Crippen molar-refractivity contribution in [1.82, 2.24) is 20.2 Å². The third kappa shape index (κ3) is 2.63. The van der Waals surface area contributed by atoms with Crippen molar-refractivity contribution in [3.63, 3.8) is 0 Å². The molecular formula is C4H10N4O. The number of tetrazole rings is 1. The molecule has 0 saturated heterocycles. The van der Waals surface area contributed by atoms with E-state index in [1.54, 1.807) is 7.05 Å². The van der Waals surface area contributed by atoms with Crippen LogP contribution >= 0.6 is 0 Å². The highest BCUT2D eigenvalue weighted by molar-refractivity contribution is 4.39. The van der Waals surface area contributed by atoms with Gasteiger partial charge in [0.05, 0.1) is 0 Å². The average Bonchev–Trinajstić information content (AvgIpc) is 2.20. The van der Waals surface area contributed by atoms with Crippen LogP contribution in [-0.2, 0) is 7.05 Å². The van der Waals surface area contributed by atoms with E-state index >= 15 is 0 Å². The molecule has 1 rings (SSSR count). The summed E-state index contributed by atoms with van der Waals surface area (Å²) in [6.45, 7) is 4.00. The highest BCUT2D eigenvalue weighted by atomic mass is 16.2. The van der Waals surface area contributed by atoms with Crippen LogP contribution in [0.2, 0.25) is 0 Å². The zero-order chi connectivity index (χ0) is 7.28. The largest absolute Gasteiger partial charge is 0.381 e. The molecule has 1 N–H and O–H groups in total. The standard InChI is InChI=1S/C2H4N4O.C2H6/c1-6-4-2(7)3-5-6;1-2/h1H3,(H,4,7);1-2H3. The molecule has 1 aromatic rings. The fraction of sp³-hybridized carbons (Fsp3) is 0.750.